The number of nitrogens with zero attached hydrogens (tertiary/aromatic N) is 2. The molecule has 0 aromatic heterocycles. The van der Waals surface area contributed by atoms with E-state index in [4.69, 9.17) is 4.74 Å². The average molecular weight is 466 g/mol. The van der Waals surface area contributed by atoms with E-state index < -0.39 is 16.1 Å². The molecule has 0 bridgehead atoms. The number of amides is 1. The van der Waals surface area contributed by atoms with Crippen LogP contribution in [0.5, 0.6) is 5.75 Å². The highest BCUT2D eigenvalue weighted by Crippen LogP contribution is 2.24. The molecule has 0 aliphatic carbocycles. The molecule has 1 unspecified atom stereocenters. The lowest BCUT2D eigenvalue weighted by atomic mass is 9.93. The van der Waals surface area contributed by atoms with Crippen molar-refractivity contribution in [3.63, 3.8) is 0 Å². The number of ether oxygens (including phenoxy) is 1. The first-order valence-electron chi connectivity index (χ1n) is 11.9. The van der Waals surface area contributed by atoms with Gasteiger partial charge in [-0.1, -0.05) is 20.8 Å². The molecule has 180 valence electrons. The molecule has 3 rings (SSSR count). The van der Waals surface area contributed by atoms with E-state index in [-0.39, 0.29) is 16.7 Å². The van der Waals surface area contributed by atoms with Crippen molar-refractivity contribution in [1.82, 2.24) is 14.5 Å². The zero-order valence-electron chi connectivity index (χ0n) is 19.9. The largest absolute Gasteiger partial charge is 0.497 e. The molecule has 1 N–H and O–H groups in total. The Morgan fingerprint density at radius 1 is 1.12 bits per heavy atom. The molecule has 1 amide bonds. The van der Waals surface area contributed by atoms with Gasteiger partial charge in [-0.3, -0.25) is 4.79 Å². The Morgan fingerprint density at radius 3 is 2.38 bits per heavy atom. The van der Waals surface area contributed by atoms with Gasteiger partial charge in [0.25, 0.3) is 0 Å². The lowest BCUT2D eigenvalue weighted by molar-refractivity contribution is -0.136. The molecule has 1 aromatic rings. The molecule has 32 heavy (non-hydrogen) atoms. The number of hydrogen-bond donors (Lipinski definition) is 1. The summed E-state index contributed by atoms with van der Waals surface area (Å²) in [5.74, 6) is 1.57. The molecule has 7 nitrogen and oxygen atoms in total. The summed E-state index contributed by atoms with van der Waals surface area (Å²) in [6, 6.07) is 5.43. The van der Waals surface area contributed by atoms with Crippen molar-refractivity contribution in [3.8, 4) is 5.75 Å². The summed E-state index contributed by atoms with van der Waals surface area (Å²) in [5, 5.41) is 0. The van der Waals surface area contributed by atoms with E-state index in [0.717, 1.165) is 38.4 Å². The number of hydrogen-bond acceptors (Lipinski definition) is 5. The normalized spacial score (nSPS) is 22.2. The second kappa shape index (κ2) is 11.0. The van der Waals surface area contributed by atoms with Gasteiger partial charge in [0, 0.05) is 19.6 Å². The number of carbonyl (C=O) groups is 1. The molecular weight excluding hydrogens is 426 g/mol. The van der Waals surface area contributed by atoms with Crippen LogP contribution in [0.1, 0.15) is 46.5 Å². The predicted octanol–water partition coefficient (Wildman–Crippen LogP) is 2.97. The van der Waals surface area contributed by atoms with Crippen LogP contribution in [0.2, 0.25) is 0 Å². The Bertz CT molecular complexity index is 849. The maximum atomic E-state index is 13.4. The van der Waals surface area contributed by atoms with Gasteiger partial charge < -0.3 is 14.5 Å². The third-order valence-corrected chi connectivity index (χ3v) is 8.26. The number of carbonyl (C=O) groups excluding carboxylic acids is 1. The molecular formula is C24H39N3O4S. The first kappa shape index (κ1) is 25.0. The second-order valence-corrected chi connectivity index (χ2v) is 11.5. The molecule has 2 atom stereocenters. The van der Waals surface area contributed by atoms with Gasteiger partial charge in [0.2, 0.25) is 15.9 Å². The maximum Gasteiger partial charge on any atom is 0.241 e. The predicted molar refractivity (Wildman–Crippen MR) is 126 cm³/mol. The fourth-order valence-corrected chi connectivity index (χ4v) is 6.02. The van der Waals surface area contributed by atoms with Crippen LogP contribution in [0, 0.1) is 17.8 Å². The first-order chi connectivity index (χ1) is 15.2. The SMILES string of the molecule is COc1ccc(S(=O)(=O)N[C@@H](C(=O)N2CCCC(CN3CCC(C)CC3)C2)C(C)C)cc1. The fourth-order valence-electron chi connectivity index (χ4n) is 4.68. The minimum absolute atomic E-state index is 0.117. The van der Waals surface area contributed by atoms with E-state index in [1.807, 2.05) is 18.7 Å². The average Bonchev–Trinajstić information content (AvgIpc) is 2.78. The monoisotopic (exact) mass is 465 g/mol. The van der Waals surface area contributed by atoms with Gasteiger partial charge in [-0.05, 0) is 80.8 Å². The summed E-state index contributed by atoms with van der Waals surface area (Å²) in [6.07, 6.45) is 4.59. The van der Waals surface area contributed by atoms with Crippen LogP contribution in [-0.2, 0) is 14.8 Å². The van der Waals surface area contributed by atoms with Gasteiger partial charge in [0.05, 0.1) is 12.0 Å². The molecule has 8 heteroatoms. The minimum Gasteiger partial charge on any atom is -0.497 e. The van der Waals surface area contributed by atoms with Gasteiger partial charge in [0.15, 0.2) is 0 Å². The Kier molecular flexibility index (Phi) is 8.58. The van der Waals surface area contributed by atoms with Crippen LogP contribution in [-0.4, -0.2) is 70.0 Å². The van der Waals surface area contributed by atoms with Crippen LogP contribution < -0.4 is 9.46 Å². The van der Waals surface area contributed by atoms with Crippen LogP contribution in [0.3, 0.4) is 0 Å². The van der Waals surface area contributed by atoms with Crippen molar-refractivity contribution in [2.24, 2.45) is 17.8 Å². The number of methoxy groups -OCH3 is 1. The molecule has 0 radical (unpaired) electrons. The van der Waals surface area contributed by atoms with Crippen molar-refractivity contribution >= 4 is 15.9 Å². The molecule has 1 aromatic carbocycles. The highest BCUT2D eigenvalue weighted by atomic mass is 32.2. The fraction of sp³-hybridized carbons (Fsp3) is 0.708. The van der Waals surface area contributed by atoms with Crippen LogP contribution in [0.15, 0.2) is 29.2 Å². The van der Waals surface area contributed by atoms with Crippen LogP contribution in [0.4, 0.5) is 0 Å². The van der Waals surface area contributed by atoms with Crippen molar-refractivity contribution < 1.29 is 17.9 Å². The van der Waals surface area contributed by atoms with Crippen LogP contribution in [0.25, 0.3) is 0 Å². The maximum absolute atomic E-state index is 13.4. The minimum atomic E-state index is -3.82. The van der Waals surface area contributed by atoms with Crippen LogP contribution >= 0.6 is 0 Å². The van der Waals surface area contributed by atoms with E-state index >= 15 is 0 Å². The van der Waals surface area contributed by atoms with Crippen molar-refractivity contribution in [2.45, 2.75) is 57.4 Å². The summed E-state index contributed by atoms with van der Waals surface area (Å²) in [7, 11) is -2.28. The van der Waals surface area contributed by atoms with Crippen molar-refractivity contribution in [1.29, 1.82) is 0 Å². The molecule has 2 saturated heterocycles. The zero-order valence-corrected chi connectivity index (χ0v) is 20.7. The van der Waals surface area contributed by atoms with Gasteiger partial charge in [-0.15, -0.1) is 0 Å². The summed E-state index contributed by atoms with van der Waals surface area (Å²) >= 11 is 0. The zero-order chi connectivity index (χ0) is 23.3. The van der Waals surface area contributed by atoms with Crippen molar-refractivity contribution in [3.05, 3.63) is 24.3 Å². The smallest absolute Gasteiger partial charge is 0.241 e. The second-order valence-electron chi connectivity index (χ2n) is 9.79. The molecule has 2 aliphatic rings. The molecule has 2 fully saturated rings. The Morgan fingerprint density at radius 2 is 1.78 bits per heavy atom. The summed E-state index contributed by atoms with van der Waals surface area (Å²) in [5.41, 5.74) is 0. The number of benzene rings is 1. The van der Waals surface area contributed by atoms with E-state index in [2.05, 4.69) is 16.5 Å². The summed E-state index contributed by atoms with van der Waals surface area (Å²) in [4.78, 5) is 17.9. The summed E-state index contributed by atoms with van der Waals surface area (Å²) in [6.45, 7) is 10.8. The number of sulfonamides is 1. The number of piperidine rings is 2. The third-order valence-electron chi connectivity index (χ3n) is 6.81. The van der Waals surface area contributed by atoms with Gasteiger partial charge in [0.1, 0.15) is 11.8 Å². The number of nitrogens with one attached hydrogen (secondary N) is 1. The van der Waals surface area contributed by atoms with Gasteiger partial charge in [-0.2, -0.15) is 4.72 Å². The van der Waals surface area contributed by atoms with E-state index in [0.29, 0.717) is 24.8 Å². The summed E-state index contributed by atoms with van der Waals surface area (Å²) < 4.78 is 33.7. The molecule has 0 saturated carbocycles. The number of likely N-dealkylation sites (tertiary alicyclic amines) is 2. The quantitative estimate of drug-likeness (QED) is 0.639. The van der Waals surface area contributed by atoms with E-state index in [9.17, 15) is 13.2 Å². The number of rotatable bonds is 8. The molecule has 0 spiro atoms. The first-order valence-corrected chi connectivity index (χ1v) is 13.4. The Balaban J connectivity index is 1.64. The Hall–Kier alpha value is -1.64. The van der Waals surface area contributed by atoms with Crippen molar-refractivity contribution in [2.75, 3.05) is 39.8 Å². The third kappa shape index (κ3) is 6.45. The van der Waals surface area contributed by atoms with E-state index in [1.165, 1.54) is 32.1 Å². The highest BCUT2D eigenvalue weighted by Gasteiger charge is 2.34. The lowest BCUT2D eigenvalue weighted by Gasteiger charge is -2.39. The standard InChI is InChI=1S/C24H39N3O4S/c1-18(2)23(25-32(29,30)22-9-7-21(31-4)8-10-22)24(28)27-13-5-6-20(17-27)16-26-14-11-19(3)12-15-26/h7-10,18-20,23,25H,5-6,11-17H2,1-4H3/t20?,23-/m1/s1. The topological polar surface area (TPSA) is 78.9 Å². The Labute approximate surface area is 193 Å². The van der Waals surface area contributed by atoms with Gasteiger partial charge >= 0.3 is 0 Å². The molecule has 2 aliphatic heterocycles. The van der Waals surface area contributed by atoms with Gasteiger partial charge in [-0.25, -0.2) is 8.42 Å². The highest BCUT2D eigenvalue weighted by molar-refractivity contribution is 7.89. The van der Waals surface area contributed by atoms with E-state index in [1.54, 1.807) is 12.1 Å². The molecule has 2 heterocycles. The lowest BCUT2D eigenvalue weighted by Crippen LogP contribution is -2.54.